The lowest BCUT2D eigenvalue weighted by Gasteiger charge is -2.25. The van der Waals surface area contributed by atoms with Gasteiger partial charge in [0.25, 0.3) is 11.8 Å². The Hall–Kier alpha value is -4.31. The molecule has 0 saturated carbocycles. The predicted octanol–water partition coefficient (Wildman–Crippen LogP) is 3.61. The number of para-hydroxylation sites is 1. The molecule has 36 heavy (non-hydrogen) atoms. The van der Waals surface area contributed by atoms with E-state index in [-0.39, 0.29) is 29.5 Å². The van der Waals surface area contributed by atoms with Crippen LogP contribution in [0.3, 0.4) is 0 Å². The largest absolute Gasteiger partial charge is 0.508 e. The molecular weight excluding hydrogens is 528 g/mol. The SMILES string of the molecule is CN1c2ccccc2CN1/C=C(\NC(=O)c1ccc(C(=O)NCc2cccc(O)c2)cc1Br)C(=O)O. The number of carbonyl (C=O) groups is 3. The van der Waals surface area contributed by atoms with Gasteiger partial charge in [0, 0.05) is 23.6 Å². The number of benzene rings is 3. The van der Waals surface area contributed by atoms with Gasteiger partial charge in [-0.2, -0.15) is 0 Å². The first-order valence-electron chi connectivity index (χ1n) is 10.9. The van der Waals surface area contributed by atoms with Gasteiger partial charge >= 0.3 is 5.97 Å². The number of aromatic hydroxyl groups is 1. The summed E-state index contributed by atoms with van der Waals surface area (Å²) in [6.45, 7) is 0.685. The topological polar surface area (TPSA) is 122 Å². The Bertz CT molecular complexity index is 1370. The van der Waals surface area contributed by atoms with Crippen molar-refractivity contribution in [3.63, 3.8) is 0 Å². The molecule has 0 aromatic heterocycles. The number of hydrogen-bond donors (Lipinski definition) is 4. The van der Waals surface area contributed by atoms with Crippen LogP contribution >= 0.6 is 15.9 Å². The summed E-state index contributed by atoms with van der Waals surface area (Å²) in [6.07, 6.45) is 1.37. The summed E-state index contributed by atoms with van der Waals surface area (Å²) >= 11 is 3.31. The number of anilines is 1. The molecule has 0 spiro atoms. The Morgan fingerprint density at radius 1 is 1.03 bits per heavy atom. The number of phenolic OH excluding ortho intramolecular Hbond substituents is 1. The second-order valence-corrected chi connectivity index (χ2v) is 8.95. The number of nitrogens with one attached hydrogen (secondary N) is 2. The molecule has 0 unspecified atom stereocenters. The van der Waals surface area contributed by atoms with Crippen molar-refractivity contribution in [3.05, 3.63) is 105 Å². The normalized spacial score (nSPS) is 12.8. The lowest BCUT2D eigenvalue weighted by atomic mass is 10.1. The van der Waals surface area contributed by atoms with E-state index in [1.165, 1.54) is 24.4 Å². The number of carbonyl (C=O) groups excluding carboxylic acids is 2. The fourth-order valence-corrected chi connectivity index (χ4v) is 4.34. The first kappa shape index (κ1) is 24.8. The average Bonchev–Trinajstić information content (AvgIpc) is 3.17. The zero-order valence-electron chi connectivity index (χ0n) is 19.2. The number of carboxylic acids is 1. The third-order valence-electron chi connectivity index (χ3n) is 5.65. The highest BCUT2D eigenvalue weighted by Gasteiger charge is 2.24. The minimum atomic E-state index is -1.29. The molecule has 4 rings (SSSR count). The summed E-state index contributed by atoms with van der Waals surface area (Å²) in [4.78, 5) is 37.3. The summed E-state index contributed by atoms with van der Waals surface area (Å²) in [5.41, 5.74) is 2.91. The van der Waals surface area contributed by atoms with E-state index in [1.54, 1.807) is 29.3 Å². The molecule has 10 heteroatoms. The van der Waals surface area contributed by atoms with Gasteiger partial charge in [0.2, 0.25) is 0 Å². The van der Waals surface area contributed by atoms with Crippen LogP contribution in [0.5, 0.6) is 5.75 Å². The van der Waals surface area contributed by atoms with Gasteiger partial charge in [-0.05, 0) is 63.5 Å². The molecule has 1 aliphatic rings. The summed E-state index contributed by atoms with van der Waals surface area (Å²) in [5.74, 6) is -2.18. The summed E-state index contributed by atoms with van der Waals surface area (Å²) < 4.78 is 0.334. The second-order valence-electron chi connectivity index (χ2n) is 8.10. The number of halogens is 1. The lowest BCUT2D eigenvalue weighted by molar-refractivity contribution is -0.133. The molecule has 0 bridgehead atoms. The Kier molecular flexibility index (Phi) is 7.25. The van der Waals surface area contributed by atoms with Gasteiger partial charge in [-0.25, -0.2) is 4.79 Å². The standard InChI is InChI=1S/C26H23BrN4O5/c1-30-23-8-3-2-6-18(23)14-31(30)15-22(26(35)36)29-25(34)20-10-9-17(12-21(20)27)24(33)28-13-16-5-4-7-19(32)11-16/h2-12,15,32H,13-14H2,1H3,(H,28,33)(H,29,34)(H,35,36)/b22-15-. The first-order valence-corrected chi connectivity index (χ1v) is 11.7. The number of nitrogens with zero attached hydrogens (tertiary/aromatic N) is 2. The zero-order valence-corrected chi connectivity index (χ0v) is 20.8. The average molecular weight is 551 g/mol. The number of phenols is 1. The maximum atomic E-state index is 12.9. The fraction of sp³-hybridized carbons (Fsp3) is 0.115. The third-order valence-corrected chi connectivity index (χ3v) is 6.31. The van der Waals surface area contributed by atoms with E-state index >= 15 is 0 Å². The van der Waals surface area contributed by atoms with Crippen molar-refractivity contribution < 1.29 is 24.6 Å². The number of hydrogen-bond acceptors (Lipinski definition) is 6. The molecule has 0 radical (unpaired) electrons. The van der Waals surface area contributed by atoms with Gasteiger partial charge in [0.1, 0.15) is 11.4 Å². The highest BCUT2D eigenvalue weighted by molar-refractivity contribution is 9.10. The maximum absolute atomic E-state index is 12.9. The van der Waals surface area contributed by atoms with Crippen LogP contribution in [0.1, 0.15) is 31.8 Å². The van der Waals surface area contributed by atoms with Gasteiger partial charge in [-0.15, -0.1) is 0 Å². The van der Waals surface area contributed by atoms with E-state index in [9.17, 15) is 24.6 Å². The summed E-state index contributed by atoms with van der Waals surface area (Å²) in [6, 6.07) is 18.7. The minimum Gasteiger partial charge on any atom is -0.508 e. The Balaban J connectivity index is 1.44. The van der Waals surface area contributed by atoms with Crippen molar-refractivity contribution in [3.8, 4) is 5.75 Å². The third kappa shape index (κ3) is 5.49. The maximum Gasteiger partial charge on any atom is 0.354 e. The van der Waals surface area contributed by atoms with Crippen molar-refractivity contribution in [2.24, 2.45) is 0 Å². The molecule has 3 aromatic rings. The lowest BCUT2D eigenvalue weighted by Crippen LogP contribution is -2.34. The number of rotatable bonds is 7. The monoisotopic (exact) mass is 550 g/mol. The fourth-order valence-electron chi connectivity index (χ4n) is 3.78. The molecule has 3 aromatic carbocycles. The molecule has 0 atom stereocenters. The molecule has 0 saturated heterocycles. The highest BCUT2D eigenvalue weighted by atomic mass is 79.9. The molecule has 184 valence electrons. The van der Waals surface area contributed by atoms with Crippen LogP contribution in [0.15, 0.2) is 83.1 Å². The quantitative estimate of drug-likeness (QED) is 0.331. The number of carboxylic acid groups (broad SMARTS) is 1. The minimum absolute atomic E-state index is 0.107. The van der Waals surface area contributed by atoms with Crippen LogP contribution in [0.2, 0.25) is 0 Å². The Morgan fingerprint density at radius 2 is 1.81 bits per heavy atom. The highest BCUT2D eigenvalue weighted by Crippen LogP contribution is 2.30. The van der Waals surface area contributed by atoms with Gasteiger partial charge in [0.05, 0.1) is 24.0 Å². The molecule has 0 aliphatic carbocycles. The van der Waals surface area contributed by atoms with E-state index in [2.05, 4.69) is 26.6 Å². The van der Waals surface area contributed by atoms with Gasteiger partial charge < -0.3 is 20.8 Å². The number of hydrazine groups is 1. The molecule has 2 amide bonds. The van der Waals surface area contributed by atoms with E-state index < -0.39 is 11.9 Å². The predicted molar refractivity (Wildman–Crippen MR) is 137 cm³/mol. The number of aliphatic carboxylic acids is 1. The van der Waals surface area contributed by atoms with Gasteiger partial charge in [0.15, 0.2) is 0 Å². The molecule has 9 nitrogen and oxygen atoms in total. The van der Waals surface area contributed by atoms with Crippen molar-refractivity contribution in [2.75, 3.05) is 12.1 Å². The van der Waals surface area contributed by atoms with E-state index in [0.29, 0.717) is 16.6 Å². The van der Waals surface area contributed by atoms with E-state index in [0.717, 1.165) is 16.8 Å². The summed E-state index contributed by atoms with van der Waals surface area (Å²) in [5, 5.41) is 27.9. The Morgan fingerprint density at radius 3 is 2.50 bits per heavy atom. The van der Waals surface area contributed by atoms with Crippen molar-refractivity contribution >= 4 is 39.4 Å². The number of fused-ring (bicyclic) bond motifs is 1. The molecule has 0 fully saturated rings. The van der Waals surface area contributed by atoms with Crippen LogP contribution in [-0.4, -0.2) is 40.1 Å². The van der Waals surface area contributed by atoms with Crippen molar-refractivity contribution in [1.82, 2.24) is 15.6 Å². The van der Waals surface area contributed by atoms with Crippen LogP contribution in [0.4, 0.5) is 5.69 Å². The molecular formula is C26H23BrN4O5. The van der Waals surface area contributed by atoms with E-state index in [1.807, 2.05) is 36.3 Å². The van der Waals surface area contributed by atoms with Crippen molar-refractivity contribution in [2.45, 2.75) is 13.1 Å². The van der Waals surface area contributed by atoms with Crippen LogP contribution < -0.4 is 15.6 Å². The van der Waals surface area contributed by atoms with Crippen LogP contribution in [0.25, 0.3) is 0 Å². The molecule has 1 heterocycles. The first-order chi connectivity index (χ1) is 17.2. The second kappa shape index (κ2) is 10.5. The van der Waals surface area contributed by atoms with Crippen LogP contribution in [-0.2, 0) is 17.9 Å². The molecule has 4 N–H and O–H groups in total. The Labute approximate surface area is 215 Å². The van der Waals surface area contributed by atoms with Crippen molar-refractivity contribution in [1.29, 1.82) is 0 Å². The summed E-state index contributed by atoms with van der Waals surface area (Å²) in [7, 11) is 1.81. The van der Waals surface area contributed by atoms with Gasteiger partial charge in [-0.3, -0.25) is 19.6 Å². The van der Waals surface area contributed by atoms with E-state index in [4.69, 9.17) is 0 Å². The van der Waals surface area contributed by atoms with Gasteiger partial charge in [-0.1, -0.05) is 30.3 Å². The smallest absolute Gasteiger partial charge is 0.354 e. The number of amides is 2. The zero-order chi connectivity index (χ0) is 25.8. The van der Waals surface area contributed by atoms with Crippen LogP contribution in [0, 0.1) is 0 Å². The molecule has 1 aliphatic heterocycles.